The minimum atomic E-state index is -3.71. The van der Waals surface area contributed by atoms with Crippen molar-refractivity contribution in [3.63, 3.8) is 0 Å². The molecule has 9 aromatic carbocycles. The Bertz CT molecular complexity index is 6630. The summed E-state index contributed by atoms with van der Waals surface area (Å²) in [5, 5.41) is 27.9. The van der Waals surface area contributed by atoms with Crippen molar-refractivity contribution in [1.82, 2.24) is 15.0 Å². The standard InChI is InChI=1S/C40H44ClNO4S.C35H38ClNO5S.C34H34ClNO3S.C8H12O3S.HI.Na/c1-39(2,46-37-13-6-7-24-45-37)34-12-5-4-10-29(34)17-21-36(47-27-40(22-23-40)38(43)44-3)31-11-8-9-28(25-31)14-19-33-20-16-30-15-18-32(41)26-35(30)42-33;1-35(2,41-34-13-6-7-22-40-34)31-12-5-4-10-26(31)17-21-33(42-43(3,38)39)28-11-8-9-25(23-28)14-19-30-20-16-27-15-18-29(36)24-32(27)37-30;1-33(2,39)29-9-4-3-7-24(29)13-17-31(40-22-34(18-19-34)32(37)38)26-8-5-6-23(20-26)10-15-28-16-12-25-11-14-27(35)21-30(25)36-28;1-6(9)12-5-8(3-4-8)7(10)11-2;;/h4-5,8-12,14-16,18-20,25-26,36-37H,6-7,13,17,21-24,27H2,1-3H3;4-5,8-12,14-16,18-20,23-24,33-34H,6-7,13,17,21-22H2,1-3H3;3-12,14-16,20-21,31,39H,13,17-19,22H2,1-2H3,(H,37,38);3-5H2,1-2H3;1H;/q;;;;;+1/p-1/b2*19-14+;15-10+;;;/t36-,37?;33-,34?;31-;;;/m101.../s1. The Kier molecular flexibility index (Phi) is 42.0. The van der Waals surface area contributed by atoms with E-state index in [-0.39, 0.29) is 104 Å². The molecule has 2 aliphatic heterocycles. The molecule has 3 aliphatic carbocycles. The van der Waals surface area contributed by atoms with Crippen LogP contribution >= 0.6 is 94.1 Å². The number of nitrogens with zero attached hydrogens (tertiary/aromatic N) is 3. The number of esters is 2. The van der Waals surface area contributed by atoms with Gasteiger partial charge >= 0.3 is 41.5 Å². The van der Waals surface area contributed by atoms with Gasteiger partial charge in [0.2, 0.25) is 0 Å². The molecule has 5 heterocycles. The van der Waals surface area contributed by atoms with Crippen LogP contribution in [0.3, 0.4) is 0 Å². The zero-order chi connectivity index (χ0) is 101. The fraction of sp³-hybridized carbons (Fsp3) is 0.376. The number of aliphatic carboxylic acids is 1. The van der Waals surface area contributed by atoms with Gasteiger partial charge in [0.1, 0.15) is 6.10 Å². The molecule has 12 aromatic rings. The monoisotopic (exact) mass is 2200 g/mol. The summed E-state index contributed by atoms with van der Waals surface area (Å²) in [6, 6.07) is 78.9. The summed E-state index contributed by atoms with van der Waals surface area (Å²) < 4.78 is 64.8. The first kappa shape index (κ1) is 115. The van der Waals surface area contributed by atoms with Crippen molar-refractivity contribution >= 4 is 196 Å². The van der Waals surface area contributed by atoms with Gasteiger partial charge in [0.25, 0.3) is 10.1 Å². The number of hydrogen-bond acceptors (Lipinski definition) is 21. The van der Waals surface area contributed by atoms with Crippen molar-refractivity contribution in [2.75, 3.05) is 50.9 Å². The molecule has 3 saturated carbocycles. The number of fused-ring (bicyclic) bond motifs is 3. The zero-order valence-corrected chi connectivity index (χ0v) is 93.7. The second kappa shape index (κ2) is 52.8. The third kappa shape index (κ3) is 33.2. The molecule has 5 aliphatic rings. The van der Waals surface area contributed by atoms with Crippen molar-refractivity contribution in [3.8, 4) is 0 Å². The van der Waals surface area contributed by atoms with Crippen LogP contribution in [0.2, 0.25) is 15.1 Å². The maximum atomic E-state index is 12.6. The molecule has 5 fully saturated rings. The van der Waals surface area contributed by atoms with Crippen LogP contribution in [-0.4, -0.2) is 115 Å². The van der Waals surface area contributed by atoms with E-state index in [0.29, 0.717) is 52.3 Å². The number of thioether (sulfide) groups is 3. The molecule has 27 heteroatoms. The fourth-order valence-electron chi connectivity index (χ4n) is 18.0. The molecule has 18 nitrogen and oxygen atoms in total. The normalized spacial score (nSPS) is 16.9. The largest absolute Gasteiger partial charge is 1.00 e. The van der Waals surface area contributed by atoms with Gasteiger partial charge in [-0.1, -0.05) is 241 Å². The fourth-order valence-corrected chi connectivity index (χ4v) is 23.1. The summed E-state index contributed by atoms with van der Waals surface area (Å²) in [6.07, 6.45) is 27.7. The van der Waals surface area contributed by atoms with E-state index in [0.717, 1.165) is 215 Å². The first-order chi connectivity index (χ1) is 68.0. The number of rotatable bonds is 38. The molecular formula is C117H128Cl3IN3NaO15S4. The Morgan fingerprint density at radius 1 is 0.465 bits per heavy atom. The van der Waals surface area contributed by atoms with E-state index in [1.165, 1.54) is 49.6 Å². The van der Waals surface area contributed by atoms with Gasteiger partial charge in [0, 0.05) is 90.5 Å². The Morgan fingerprint density at radius 2 is 0.819 bits per heavy atom. The van der Waals surface area contributed by atoms with Gasteiger partial charge in [0.15, 0.2) is 17.7 Å². The van der Waals surface area contributed by atoms with Crippen LogP contribution < -0.4 is 34.7 Å². The SMILES string of the molecule is CC(C)(O)c1ccccc1CC[C@@H](SCC1(C(=O)[O-])CC1)c1cccc(/C=C/c2ccc3ccc(Cl)cc3n2)c1.CC(C)(OC1CCCCO1)c1ccccc1CC[C@H](OS(C)(=O)=O)c1cccc(/C=C/c2ccc3ccc(Cl)cc3n2)c1.COC(=O)C1(CSC(C)=O)CC1.COC(=O)C1(CS[C@H](CCc2ccccc2C(C)(C)OC2CCCCO2)c2cccc(/C=C/c3ccc4ccc(Cl)cc4n3)c2)CC1.I.[Na+]. The van der Waals surface area contributed by atoms with Gasteiger partial charge in [-0.3, -0.25) is 18.6 Å². The van der Waals surface area contributed by atoms with E-state index in [4.69, 9.17) is 77.6 Å². The number of hydrogen-bond donors (Lipinski definition) is 1. The van der Waals surface area contributed by atoms with Gasteiger partial charge in [-0.2, -0.15) is 31.9 Å². The number of methoxy groups -OCH3 is 2. The molecule has 17 rings (SSSR count). The molecule has 0 spiro atoms. The number of ether oxygens (including phenoxy) is 6. The summed E-state index contributed by atoms with van der Waals surface area (Å²) >= 11 is 23.3. The molecule has 754 valence electrons. The predicted molar refractivity (Wildman–Crippen MR) is 593 cm³/mol. The smallest absolute Gasteiger partial charge is 0.550 e. The average molecular weight is 2200 g/mol. The second-order valence-corrected chi connectivity index (χ2v) is 45.4. The van der Waals surface area contributed by atoms with E-state index in [2.05, 4.69) is 136 Å². The van der Waals surface area contributed by atoms with Crippen molar-refractivity contribution in [1.29, 1.82) is 0 Å². The molecular weight excluding hydrogens is 2070 g/mol. The maximum absolute atomic E-state index is 12.6. The van der Waals surface area contributed by atoms with Crippen LogP contribution in [0.15, 0.2) is 237 Å². The number of carboxylic acids is 1. The molecule has 3 aromatic heterocycles. The van der Waals surface area contributed by atoms with E-state index in [1.807, 2.05) is 196 Å². The minimum Gasteiger partial charge on any atom is -0.550 e. The van der Waals surface area contributed by atoms with Crippen LogP contribution in [0.5, 0.6) is 0 Å². The number of aliphatic hydroxyl groups is 1. The first-order valence-corrected chi connectivity index (χ1v) is 54.8. The Labute approximate surface area is 915 Å². The maximum Gasteiger partial charge on any atom is 1.00 e. The number of benzene rings is 9. The Balaban J connectivity index is 0.000000181. The van der Waals surface area contributed by atoms with Gasteiger partial charge in [-0.15, -0.1) is 24.0 Å². The number of halogens is 4. The predicted octanol–water partition coefficient (Wildman–Crippen LogP) is 24.7. The van der Waals surface area contributed by atoms with E-state index < -0.39 is 44.4 Å². The van der Waals surface area contributed by atoms with Crippen LogP contribution in [-0.2, 0) is 98.0 Å². The van der Waals surface area contributed by atoms with Crippen LogP contribution in [0.25, 0.3) is 69.2 Å². The number of carbonyl (C=O) groups is 4. The van der Waals surface area contributed by atoms with E-state index >= 15 is 0 Å². The van der Waals surface area contributed by atoms with Crippen molar-refractivity contribution < 1.29 is 100.0 Å². The molecule has 5 atom stereocenters. The second-order valence-electron chi connectivity index (χ2n) is 39.0. The van der Waals surface area contributed by atoms with Crippen molar-refractivity contribution in [2.24, 2.45) is 16.2 Å². The number of carbonyl (C=O) groups excluding carboxylic acids is 4. The summed E-state index contributed by atoms with van der Waals surface area (Å²) in [6.45, 7) is 15.0. The van der Waals surface area contributed by atoms with Crippen LogP contribution in [0.4, 0.5) is 0 Å². The van der Waals surface area contributed by atoms with Gasteiger partial charge in [-0.25, -0.2) is 15.0 Å². The Hall–Kier alpha value is -8.13. The summed E-state index contributed by atoms with van der Waals surface area (Å²) in [5.74, 6) is 0.677. The summed E-state index contributed by atoms with van der Waals surface area (Å²) in [5.41, 5.74) is 14.6. The summed E-state index contributed by atoms with van der Waals surface area (Å²) in [4.78, 5) is 60.4. The minimum absolute atomic E-state index is 0. The zero-order valence-electron chi connectivity index (χ0n) is 83.8. The van der Waals surface area contributed by atoms with E-state index in [9.17, 15) is 37.8 Å². The third-order valence-corrected chi connectivity index (χ3v) is 32.2. The molecule has 0 radical (unpaired) electrons. The molecule has 1 N–H and O–H groups in total. The van der Waals surface area contributed by atoms with Crippen molar-refractivity contribution in [2.45, 2.75) is 210 Å². The number of aryl methyl sites for hydroxylation is 3. The number of carboxylic acid groups (broad SMARTS) is 1. The van der Waals surface area contributed by atoms with Gasteiger partial charge in [-0.05, 0) is 303 Å². The van der Waals surface area contributed by atoms with Gasteiger partial charge < -0.3 is 43.4 Å². The molecule has 0 amide bonds. The van der Waals surface area contributed by atoms with Crippen LogP contribution in [0.1, 0.15) is 245 Å². The van der Waals surface area contributed by atoms with Crippen molar-refractivity contribution in [3.05, 3.63) is 335 Å². The topological polar surface area (TPSA) is 249 Å². The molecule has 2 unspecified atom stereocenters. The molecule has 2 saturated heterocycles. The number of pyridine rings is 3. The Morgan fingerprint density at radius 3 is 1.18 bits per heavy atom. The quantitative estimate of drug-likeness (QED) is 0.0163. The average Bonchev–Trinajstić information content (AvgIpc) is 1.66. The molecule has 0 bridgehead atoms. The first-order valence-electron chi connectivity index (χ1n) is 48.8. The molecule has 144 heavy (non-hydrogen) atoms. The summed E-state index contributed by atoms with van der Waals surface area (Å²) in [7, 11) is -0.818. The van der Waals surface area contributed by atoms with Crippen LogP contribution in [0, 0.1) is 16.2 Å². The number of aromatic nitrogens is 3. The third-order valence-electron chi connectivity index (χ3n) is 26.6. The van der Waals surface area contributed by atoms with Gasteiger partial charge in [0.05, 0.1) is 81.7 Å². The van der Waals surface area contributed by atoms with E-state index in [1.54, 1.807) is 11.8 Å².